The van der Waals surface area contributed by atoms with Gasteiger partial charge in [-0.15, -0.1) is 9.19 Å². The normalized spacial score (nSPS) is 11.8. The van der Waals surface area contributed by atoms with Crippen LogP contribution in [0.25, 0.3) is 0 Å². The zero-order valence-electron chi connectivity index (χ0n) is 15.0. The van der Waals surface area contributed by atoms with Gasteiger partial charge in [-0.3, -0.25) is 5.32 Å². The first kappa shape index (κ1) is 19.9. The number of hydrogen-bond donors (Lipinski definition) is 2. The molecular formula is C16H15N7O5S. The fourth-order valence-electron chi connectivity index (χ4n) is 2.26. The first-order chi connectivity index (χ1) is 13.8. The maximum atomic E-state index is 11.9. The molecule has 0 aliphatic heterocycles. The van der Waals surface area contributed by atoms with Crippen LogP contribution in [-0.2, 0) is 21.5 Å². The van der Waals surface area contributed by atoms with Gasteiger partial charge < -0.3 is 9.94 Å². The van der Waals surface area contributed by atoms with Crippen molar-refractivity contribution in [1.29, 1.82) is 0 Å². The van der Waals surface area contributed by atoms with E-state index >= 15 is 0 Å². The first-order valence-electron chi connectivity index (χ1n) is 8.05. The molecular weight excluding hydrogens is 402 g/mol. The minimum absolute atomic E-state index is 0.0980. The van der Waals surface area contributed by atoms with Crippen LogP contribution in [0.2, 0.25) is 0 Å². The zero-order chi connectivity index (χ0) is 20.9. The number of anilines is 1. The quantitative estimate of drug-likeness (QED) is 0.421. The van der Waals surface area contributed by atoms with Gasteiger partial charge in [-0.25, -0.2) is 18.2 Å². The predicted molar refractivity (Wildman–Crippen MR) is 101 cm³/mol. The van der Waals surface area contributed by atoms with Crippen LogP contribution in [0.15, 0.2) is 53.7 Å². The lowest BCUT2D eigenvalue weighted by molar-refractivity contribution is 0.128. The van der Waals surface area contributed by atoms with Gasteiger partial charge in [-0.2, -0.15) is 0 Å². The molecule has 0 unspecified atom stereocenters. The Morgan fingerprint density at radius 2 is 1.97 bits per heavy atom. The van der Waals surface area contributed by atoms with Crippen molar-refractivity contribution in [2.24, 2.45) is 5.16 Å². The summed E-state index contributed by atoms with van der Waals surface area (Å²) in [6.45, 7) is -0.105. The number of carboxylic acid groups (broad SMARTS) is 1. The highest BCUT2D eigenvalue weighted by Gasteiger charge is 2.22. The van der Waals surface area contributed by atoms with E-state index < -0.39 is 16.1 Å². The summed E-state index contributed by atoms with van der Waals surface area (Å²) in [6, 6.07) is 13.3. The van der Waals surface area contributed by atoms with Crippen molar-refractivity contribution >= 4 is 27.6 Å². The average molecular weight is 417 g/mol. The fourth-order valence-corrected chi connectivity index (χ4v) is 2.86. The summed E-state index contributed by atoms with van der Waals surface area (Å²) < 4.78 is 24.5. The summed E-state index contributed by atoms with van der Waals surface area (Å²) in [6.07, 6.45) is -0.283. The largest absolute Gasteiger partial charge is 0.465 e. The van der Waals surface area contributed by atoms with Gasteiger partial charge in [0.2, 0.25) is 5.82 Å². The van der Waals surface area contributed by atoms with Crippen LogP contribution in [0, 0.1) is 0 Å². The second-order valence-corrected chi connectivity index (χ2v) is 7.44. The molecule has 3 aromatic rings. The smallest absolute Gasteiger partial charge is 0.410 e. The SMILES string of the molecule is CS(=O)(=O)n1nnnc1/C(=N\OCc1cccc(NC(=O)O)n1)c1ccccc1. The van der Waals surface area contributed by atoms with E-state index in [0.29, 0.717) is 15.3 Å². The molecule has 0 aliphatic carbocycles. The number of nitrogens with one attached hydrogen (secondary N) is 1. The molecule has 1 aromatic carbocycles. The van der Waals surface area contributed by atoms with Crippen LogP contribution in [0.1, 0.15) is 17.1 Å². The third-order valence-electron chi connectivity index (χ3n) is 3.43. The minimum atomic E-state index is -3.77. The van der Waals surface area contributed by atoms with Crippen LogP contribution in [0.5, 0.6) is 0 Å². The number of amides is 1. The highest BCUT2D eigenvalue weighted by Crippen LogP contribution is 2.11. The lowest BCUT2D eigenvalue weighted by Crippen LogP contribution is -2.20. The average Bonchev–Trinajstić information content (AvgIpc) is 3.16. The van der Waals surface area contributed by atoms with E-state index in [4.69, 9.17) is 9.94 Å². The van der Waals surface area contributed by atoms with Crippen LogP contribution < -0.4 is 5.32 Å². The molecule has 2 aromatic heterocycles. The Morgan fingerprint density at radius 1 is 1.21 bits per heavy atom. The van der Waals surface area contributed by atoms with Crippen molar-refractivity contribution in [2.45, 2.75) is 6.61 Å². The van der Waals surface area contributed by atoms with Crippen molar-refractivity contribution in [1.82, 2.24) is 24.6 Å². The number of nitrogens with zero attached hydrogens (tertiary/aromatic N) is 6. The van der Waals surface area contributed by atoms with Gasteiger partial charge in [0.05, 0.1) is 11.9 Å². The van der Waals surface area contributed by atoms with E-state index in [1.807, 2.05) is 0 Å². The van der Waals surface area contributed by atoms with Crippen molar-refractivity contribution in [3.05, 3.63) is 65.6 Å². The van der Waals surface area contributed by atoms with Crippen molar-refractivity contribution in [3.8, 4) is 0 Å². The zero-order valence-corrected chi connectivity index (χ0v) is 15.8. The molecule has 0 saturated carbocycles. The number of pyridine rings is 1. The summed E-state index contributed by atoms with van der Waals surface area (Å²) in [7, 11) is -3.77. The summed E-state index contributed by atoms with van der Waals surface area (Å²) >= 11 is 0. The maximum absolute atomic E-state index is 11.9. The highest BCUT2D eigenvalue weighted by molar-refractivity contribution is 7.89. The molecule has 2 heterocycles. The molecule has 0 saturated heterocycles. The van der Waals surface area contributed by atoms with Crippen LogP contribution in [0.4, 0.5) is 10.6 Å². The van der Waals surface area contributed by atoms with E-state index in [2.05, 4.69) is 31.0 Å². The molecule has 0 bridgehead atoms. The number of hydrogen-bond acceptors (Lipinski definition) is 9. The summed E-state index contributed by atoms with van der Waals surface area (Å²) in [5.41, 5.74) is 1.03. The molecule has 13 heteroatoms. The minimum Gasteiger partial charge on any atom is -0.465 e. The lowest BCUT2D eigenvalue weighted by Gasteiger charge is -2.07. The Kier molecular flexibility index (Phi) is 5.78. The van der Waals surface area contributed by atoms with Gasteiger partial charge in [0.1, 0.15) is 5.82 Å². The van der Waals surface area contributed by atoms with Gasteiger partial charge in [-0.05, 0) is 22.6 Å². The predicted octanol–water partition coefficient (Wildman–Crippen LogP) is 0.935. The summed E-state index contributed by atoms with van der Waals surface area (Å²) in [4.78, 5) is 20.1. The van der Waals surface area contributed by atoms with Gasteiger partial charge in [-0.1, -0.05) is 41.6 Å². The lowest BCUT2D eigenvalue weighted by atomic mass is 10.1. The van der Waals surface area contributed by atoms with E-state index in [9.17, 15) is 13.2 Å². The highest BCUT2D eigenvalue weighted by atomic mass is 32.2. The van der Waals surface area contributed by atoms with Gasteiger partial charge >= 0.3 is 6.09 Å². The van der Waals surface area contributed by atoms with Crippen LogP contribution in [-0.4, -0.2) is 56.2 Å². The van der Waals surface area contributed by atoms with Crippen molar-refractivity contribution in [3.63, 3.8) is 0 Å². The Morgan fingerprint density at radius 3 is 2.66 bits per heavy atom. The van der Waals surface area contributed by atoms with Gasteiger partial charge in [0.15, 0.2) is 12.3 Å². The number of benzene rings is 1. The number of rotatable bonds is 7. The third-order valence-corrected chi connectivity index (χ3v) is 4.30. The monoisotopic (exact) mass is 417 g/mol. The van der Waals surface area contributed by atoms with E-state index in [1.165, 1.54) is 6.07 Å². The van der Waals surface area contributed by atoms with Gasteiger partial charge in [0, 0.05) is 5.56 Å². The molecule has 0 aliphatic rings. The second kappa shape index (κ2) is 8.43. The summed E-state index contributed by atoms with van der Waals surface area (Å²) in [5.74, 6) is 0.0137. The van der Waals surface area contributed by atoms with Crippen LogP contribution >= 0.6 is 0 Å². The first-order valence-corrected chi connectivity index (χ1v) is 9.90. The molecule has 150 valence electrons. The molecule has 0 spiro atoms. The van der Waals surface area contributed by atoms with E-state index in [0.717, 1.165) is 6.26 Å². The van der Waals surface area contributed by atoms with Crippen molar-refractivity contribution < 1.29 is 23.2 Å². The number of oxime groups is 1. The Bertz CT molecular complexity index is 1150. The fraction of sp³-hybridized carbons (Fsp3) is 0.125. The van der Waals surface area contributed by atoms with Crippen molar-refractivity contribution in [2.75, 3.05) is 11.6 Å². The summed E-state index contributed by atoms with van der Waals surface area (Å²) in [5, 5.41) is 25.6. The van der Waals surface area contributed by atoms with Crippen LogP contribution in [0.3, 0.4) is 0 Å². The Labute approximate surface area is 164 Å². The third kappa shape index (κ3) is 5.10. The Balaban J connectivity index is 1.90. The molecule has 0 atom stereocenters. The number of carbonyl (C=O) groups is 1. The molecule has 3 rings (SSSR count). The Hall–Kier alpha value is -3.87. The number of tetrazole rings is 1. The topological polar surface area (TPSA) is 162 Å². The maximum Gasteiger partial charge on any atom is 0.410 e. The van der Waals surface area contributed by atoms with E-state index in [1.54, 1.807) is 42.5 Å². The molecule has 29 heavy (non-hydrogen) atoms. The molecule has 2 N–H and O–H groups in total. The molecule has 0 radical (unpaired) electrons. The van der Waals surface area contributed by atoms with E-state index in [-0.39, 0.29) is 24.0 Å². The standard InChI is InChI=1S/C16H15N7O5S/c1-29(26,27)23-15(19-21-22-23)14(11-6-3-2-4-7-11)20-28-10-12-8-5-9-13(17-12)18-16(24)25/h2-9H,10H2,1H3,(H,17,18)(H,24,25)/b20-14-. The molecule has 12 nitrogen and oxygen atoms in total. The second-order valence-electron chi connectivity index (χ2n) is 5.63. The van der Waals surface area contributed by atoms with Gasteiger partial charge in [0.25, 0.3) is 10.0 Å². The number of aromatic nitrogens is 5. The molecule has 0 fully saturated rings. The molecule has 1 amide bonds.